The number of rotatable bonds is 5. The monoisotopic (exact) mass is 297 g/mol. The van der Waals surface area contributed by atoms with Crippen molar-refractivity contribution in [1.82, 2.24) is 0 Å². The summed E-state index contributed by atoms with van der Waals surface area (Å²) in [4.78, 5) is 24.4. The van der Waals surface area contributed by atoms with Crippen molar-refractivity contribution < 1.29 is 19.4 Å². The van der Waals surface area contributed by atoms with E-state index < -0.39 is 5.97 Å². The molecule has 1 aromatic heterocycles. The second kappa shape index (κ2) is 6.37. The number of aromatic carboxylic acids is 1. The van der Waals surface area contributed by atoms with Gasteiger partial charge in [0, 0.05) is 11.5 Å². The third-order valence-corrected chi connectivity index (χ3v) is 4.74. The van der Waals surface area contributed by atoms with Gasteiger partial charge in [0.05, 0.1) is 17.6 Å². The maximum Gasteiger partial charge on any atom is 0.338 e. The highest BCUT2D eigenvalue weighted by Crippen LogP contribution is 2.31. The van der Waals surface area contributed by atoms with E-state index >= 15 is 0 Å². The Bertz CT molecular complexity index is 511. The Kier molecular flexibility index (Phi) is 4.77. The predicted molar refractivity (Wildman–Crippen MR) is 77.4 cm³/mol. The number of nitrogens with one attached hydrogen (secondary N) is 1. The molecular weight excluding hydrogens is 278 g/mol. The van der Waals surface area contributed by atoms with Gasteiger partial charge in [-0.25, -0.2) is 4.79 Å². The minimum atomic E-state index is -1.01. The maximum atomic E-state index is 12.3. The quantitative estimate of drug-likeness (QED) is 0.876. The molecule has 0 aliphatic carbocycles. The maximum absolute atomic E-state index is 12.3. The number of aryl methyl sites for hydroxylation is 1. The lowest BCUT2D eigenvalue weighted by molar-refractivity contribution is -0.121. The summed E-state index contributed by atoms with van der Waals surface area (Å²) in [5.41, 5.74) is 0.173. The summed E-state index contributed by atoms with van der Waals surface area (Å²) in [5.74, 6) is -1.33. The van der Waals surface area contributed by atoms with Gasteiger partial charge in [-0.05, 0) is 25.3 Å². The van der Waals surface area contributed by atoms with Crippen molar-refractivity contribution in [3.8, 4) is 0 Å². The van der Waals surface area contributed by atoms with Crippen LogP contribution >= 0.6 is 11.3 Å². The summed E-state index contributed by atoms with van der Waals surface area (Å²) in [7, 11) is 0. The van der Waals surface area contributed by atoms with Crippen molar-refractivity contribution in [1.29, 1.82) is 0 Å². The van der Waals surface area contributed by atoms with Crippen molar-refractivity contribution in [3.63, 3.8) is 0 Å². The van der Waals surface area contributed by atoms with Gasteiger partial charge in [-0.1, -0.05) is 13.8 Å². The van der Waals surface area contributed by atoms with Crippen LogP contribution in [0.1, 0.15) is 41.9 Å². The first-order valence-corrected chi connectivity index (χ1v) is 7.66. The van der Waals surface area contributed by atoms with E-state index in [1.54, 1.807) is 6.07 Å². The van der Waals surface area contributed by atoms with E-state index in [2.05, 4.69) is 5.32 Å². The van der Waals surface area contributed by atoms with Gasteiger partial charge in [0.25, 0.3) is 0 Å². The van der Waals surface area contributed by atoms with Crippen molar-refractivity contribution in [3.05, 3.63) is 16.5 Å². The molecule has 2 heterocycles. The topological polar surface area (TPSA) is 75.6 Å². The highest BCUT2D eigenvalue weighted by Gasteiger charge is 2.33. The van der Waals surface area contributed by atoms with Crippen LogP contribution in [0.3, 0.4) is 0 Å². The van der Waals surface area contributed by atoms with Crippen molar-refractivity contribution in [2.24, 2.45) is 5.92 Å². The Morgan fingerprint density at radius 1 is 1.50 bits per heavy atom. The average molecular weight is 297 g/mol. The first kappa shape index (κ1) is 15.0. The van der Waals surface area contributed by atoms with Gasteiger partial charge in [-0.3, -0.25) is 4.79 Å². The molecule has 2 rings (SSSR count). The average Bonchev–Trinajstić information content (AvgIpc) is 3.04. The SMILES string of the molecule is CCc1cc(C(=O)O)c(NC(=O)C2CCOC2CC)s1. The third kappa shape index (κ3) is 3.02. The van der Waals surface area contributed by atoms with Gasteiger partial charge in [-0.2, -0.15) is 0 Å². The zero-order valence-corrected chi connectivity index (χ0v) is 12.5. The zero-order chi connectivity index (χ0) is 14.7. The molecule has 5 nitrogen and oxygen atoms in total. The third-order valence-electron chi connectivity index (χ3n) is 3.55. The molecule has 0 bridgehead atoms. The Labute approximate surface area is 121 Å². The molecule has 2 unspecified atom stereocenters. The number of carboxylic acids is 1. The minimum Gasteiger partial charge on any atom is -0.478 e. The van der Waals surface area contributed by atoms with E-state index in [1.165, 1.54) is 11.3 Å². The molecule has 0 saturated carbocycles. The lowest BCUT2D eigenvalue weighted by Gasteiger charge is -2.16. The van der Waals surface area contributed by atoms with E-state index in [1.807, 2.05) is 13.8 Å². The molecule has 2 atom stereocenters. The van der Waals surface area contributed by atoms with Crippen molar-refractivity contribution in [2.45, 2.75) is 39.2 Å². The normalized spacial score (nSPS) is 21.9. The van der Waals surface area contributed by atoms with Gasteiger partial charge in [0.2, 0.25) is 5.91 Å². The molecule has 2 N–H and O–H groups in total. The summed E-state index contributed by atoms with van der Waals surface area (Å²) in [5, 5.41) is 12.4. The fourth-order valence-electron chi connectivity index (χ4n) is 2.42. The Hall–Kier alpha value is -1.40. The number of anilines is 1. The van der Waals surface area contributed by atoms with Gasteiger partial charge in [0.1, 0.15) is 5.00 Å². The Morgan fingerprint density at radius 3 is 2.85 bits per heavy atom. The number of carbonyl (C=O) groups is 2. The first-order chi connectivity index (χ1) is 9.56. The van der Waals surface area contributed by atoms with Crippen LogP contribution in [0.25, 0.3) is 0 Å². The summed E-state index contributed by atoms with van der Waals surface area (Å²) in [6, 6.07) is 1.63. The molecule has 0 radical (unpaired) electrons. The molecule has 20 heavy (non-hydrogen) atoms. The van der Waals surface area contributed by atoms with E-state index in [4.69, 9.17) is 4.74 Å². The van der Waals surface area contributed by atoms with Crippen molar-refractivity contribution in [2.75, 3.05) is 11.9 Å². The molecule has 6 heteroatoms. The molecule has 0 spiro atoms. The molecule has 110 valence electrons. The van der Waals surface area contributed by atoms with Crippen LogP contribution in [0, 0.1) is 5.92 Å². The number of amides is 1. The number of ether oxygens (including phenoxy) is 1. The molecule has 1 aliphatic heterocycles. The van der Waals surface area contributed by atoms with E-state index in [9.17, 15) is 14.7 Å². The molecule has 1 aliphatic rings. The van der Waals surface area contributed by atoms with E-state index in [-0.39, 0.29) is 23.5 Å². The summed E-state index contributed by atoms with van der Waals surface area (Å²) >= 11 is 1.33. The first-order valence-electron chi connectivity index (χ1n) is 6.85. The summed E-state index contributed by atoms with van der Waals surface area (Å²) < 4.78 is 5.50. The van der Waals surface area contributed by atoms with Crippen LogP contribution in [0.15, 0.2) is 6.07 Å². The van der Waals surface area contributed by atoms with E-state index in [0.717, 1.165) is 17.7 Å². The van der Waals surface area contributed by atoms with Crippen LogP contribution in [-0.2, 0) is 16.0 Å². The van der Waals surface area contributed by atoms with Crippen LogP contribution in [0.4, 0.5) is 5.00 Å². The van der Waals surface area contributed by atoms with Crippen LogP contribution in [-0.4, -0.2) is 29.7 Å². The molecular formula is C14H19NO4S. The smallest absolute Gasteiger partial charge is 0.338 e. The lowest BCUT2D eigenvalue weighted by Crippen LogP contribution is -2.29. The highest BCUT2D eigenvalue weighted by atomic mass is 32.1. The van der Waals surface area contributed by atoms with Gasteiger partial charge in [-0.15, -0.1) is 11.3 Å². The number of thiophene rings is 1. The van der Waals surface area contributed by atoms with Crippen molar-refractivity contribution >= 4 is 28.2 Å². The Balaban J connectivity index is 2.15. The number of carbonyl (C=O) groups excluding carboxylic acids is 1. The van der Waals surface area contributed by atoms with Gasteiger partial charge >= 0.3 is 5.97 Å². The number of hydrogen-bond acceptors (Lipinski definition) is 4. The van der Waals surface area contributed by atoms with Gasteiger partial charge < -0.3 is 15.2 Å². The second-order valence-corrected chi connectivity index (χ2v) is 5.95. The predicted octanol–water partition coefficient (Wildman–Crippen LogP) is 2.76. The molecule has 0 aromatic carbocycles. The minimum absolute atomic E-state index is 0.0612. The molecule has 1 fully saturated rings. The van der Waals surface area contributed by atoms with Crippen LogP contribution in [0.2, 0.25) is 0 Å². The largest absolute Gasteiger partial charge is 0.478 e. The summed E-state index contributed by atoms with van der Waals surface area (Å²) in [6.07, 6.45) is 2.17. The molecule has 1 aromatic rings. The number of hydrogen-bond donors (Lipinski definition) is 2. The van der Waals surface area contributed by atoms with E-state index in [0.29, 0.717) is 18.0 Å². The zero-order valence-electron chi connectivity index (χ0n) is 11.6. The lowest BCUT2D eigenvalue weighted by atomic mass is 9.99. The fourth-order valence-corrected chi connectivity index (χ4v) is 3.41. The Morgan fingerprint density at radius 2 is 2.25 bits per heavy atom. The van der Waals surface area contributed by atoms with Crippen LogP contribution in [0.5, 0.6) is 0 Å². The number of carboxylic acid groups (broad SMARTS) is 1. The molecule has 1 saturated heterocycles. The highest BCUT2D eigenvalue weighted by molar-refractivity contribution is 7.16. The van der Waals surface area contributed by atoms with Crippen LogP contribution < -0.4 is 5.32 Å². The van der Waals surface area contributed by atoms with Gasteiger partial charge in [0.15, 0.2) is 0 Å². The fraction of sp³-hybridized carbons (Fsp3) is 0.571. The summed E-state index contributed by atoms with van der Waals surface area (Å²) in [6.45, 7) is 4.54. The standard InChI is InChI=1S/C14H19NO4S/c1-3-8-7-10(14(17)18)13(20-8)15-12(16)9-5-6-19-11(9)4-2/h7,9,11H,3-6H2,1-2H3,(H,15,16)(H,17,18). The molecule has 1 amide bonds. The second-order valence-electron chi connectivity index (χ2n) is 4.82.